The molecule has 9 heteroatoms. The highest BCUT2D eigenvalue weighted by Crippen LogP contribution is 2.35. The van der Waals surface area contributed by atoms with Crippen LogP contribution in [0.3, 0.4) is 0 Å². The van der Waals surface area contributed by atoms with Crippen molar-refractivity contribution in [3.05, 3.63) is 71.0 Å². The molecule has 1 aliphatic rings. The van der Waals surface area contributed by atoms with E-state index in [9.17, 15) is 14.7 Å². The predicted molar refractivity (Wildman–Crippen MR) is 144 cm³/mol. The van der Waals surface area contributed by atoms with Crippen LogP contribution in [0.1, 0.15) is 36.4 Å². The van der Waals surface area contributed by atoms with E-state index in [1.807, 2.05) is 37.3 Å². The van der Waals surface area contributed by atoms with Crippen LogP contribution in [0, 0.1) is 12.8 Å². The van der Waals surface area contributed by atoms with Gasteiger partial charge >= 0.3 is 0 Å². The van der Waals surface area contributed by atoms with E-state index < -0.39 is 6.04 Å². The third-order valence-electron chi connectivity index (χ3n) is 6.61. The average Bonchev–Trinajstić information content (AvgIpc) is 3.47. The molecule has 0 unspecified atom stereocenters. The summed E-state index contributed by atoms with van der Waals surface area (Å²) in [4.78, 5) is 28.5. The van der Waals surface area contributed by atoms with E-state index in [2.05, 4.69) is 24.3 Å². The summed E-state index contributed by atoms with van der Waals surface area (Å²) in [5.74, 6) is 1.02. The second-order valence-electron chi connectivity index (χ2n) is 9.98. The number of anilines is 1. The van der Waals surface area contributed by atoms with Gasteiger partial charge in [-0.3, -0.25) is 14.3 Å². The molecule has 0 spiro atoms. The molecule has 1 aromatic heterocycles. The molecule has 2 heterocycles. The largest absolute Gasteiger partial charge is 0.454 e. The highest BCUT2D eigenvalue weighted by molar-refractivity contribution is 5.99. The molecule has 38 heavy (non-hydrogen) atoms. The molecule has 0 fully saturated rings. The summed E-state index contributed by atoms with van der Waals surface area (Å²) in [7, 11) is 1.68. The first kappa shape index (κ1) is 27.2. The Bertz CT molecular complexity index is 1270. The minimum absolute atomic E-state index is 0.0133. The normalized spacial score (nSPS) is 13.0. The smallest absolute Gasteiger partial charge is 0.249 e. The van der Waals surface area contributed by atoms with Gasteiger partial charge in [-0.05, 0) is 48.9 Å². The number of aliphatic hydroxyl groups excluding tert-OH is 1. The Hall–Kier alpha value is -3.85. The van der Waals surface area contributed by atoms with E-state index in [0.717, 1.165) is 28.9 Å². The van der Waals surface area contributed by atoms with Gasteiger partial charge < -0.3 is 24.8 Å². The van der Waals surface area contributed by atoms with Gasteiger partial charge in [0.2, 0.25) is 18.6 Å². The number of nitrogens with one attached hydrogen (secondary N) is 1. The number of likely N-dealkylation sites (N-methyl/N-ethyl adjacent to an activating group) is 1. The lowest BCUT2D eigenvalue weighted by molar-refractivity contribution is -0.127. The van der Waals surface area contributed by atoms with E-state index in [-0.39, 0.29) is 31.8 Å². The van der Waals surface area contributed by atoms with Gasteiger partial charge in [0, 0.05) is 37.5 Å². The maximum atomic E-state index is 13.7. The van der Waals surface area contributed by atoms with E-state index in [4.69, 9.17) is 9.47 Å². The first-order chi connectivity index (χ1) is 18.3. The fourth-order valence-electron chi connectivity index (χ4n) is 4.73. The van der Waals surface area contributed by atoms with Crippen molar-refractivity contribution in [2.24, 2.45) is 5.92 Å². The molecule has 0 radical (unpaired) electrons. The summed E-state index contributed by atoms with van der Waals surface area (Å²) in [5, 5.41) is 17.1. The molecule has 202 valence electrons. The van der Waals surface area contributed by atoms with Crippen LogP contribution in [0.15, 0.2) is 48.5 Å². The standard InChI is InChI=1S/C29H36N4O5/c1-19(2)14-25-23(12-13-34)20(3)31-33(25)17-28(35)30-24(15-21-8-6-5-7-9-21)29(36)32(4)22-10-11-26-27(16-22)38-18-37-26/h5-11,16,19,24,34H,12-15,17-18H2,1-4H3,(H,30,35)/t24-/m0/s1. The van der Waals surface area contributed by atoms with E-state index in [1.165, 1.54) is 4.90 Å². The van der Waals surface area contributed by atoms with Crippen molar-refractivity contribution in [3.8, 4) is 11.5 Å². The van der Waals surface area contributed by atoms with Gasteiger partial charge in [0.05, 0.1) is 5.69 Å². The topological polar surface area (TPSA) is 106 Å². The van der Waals surface area contributed by atoms with Crippen molar-refractivity contribution in [2.45, 2.75) is 52.6 Å². The Morgan fingerprint density at radius 1 is 1.11 bits per heavy atom. The van der Waals surface area contributed by atoms with Gasteiger partial charge in [-0.25, -0.2) is 0 Å². The maximum absolute atomic E-state index is 13.7. The molecule has 2 amide bonds. The third-order valence-corrected chi connectivity index (χ3v) is 6.61. The molecule has 1 aliphatic heterocycles. The Kier molecular flexibility index (Phi) is 8.68. The summed E-state index contributed by atoms with van der Waals surface area (Å²) in [6.07, 6.45) is 1.57. The summed E-state index contributed by atoms with van der Waals surface area (Å²) >= 11 is 0. The summed E-state index contributed by atoms with van der Waals surface area (Å²) < 4.78 is 12.6. The molecule has 0 saturated heterocycles. The first-order valence-electron chi connectivity index (χ1n) is 12.9. The summed E-state index contributed by atoms with van der Waals surface area (Å²) in [6.45, 7) is 6.26. The minimum Gasteiger partial charge on any atom is -0.454 e. The van der Waals surface area contributed by atoms with Crippen molar-refractivity contribution in [1.82, 2.24) is 15.1 Å². The van der Waals surface area contributed by atoms with Gasteiger partial charge in [-0.2, -0.15) is 5.10 Å². The predicted octanol–water partition coefficient (Wildman–Crippen LogP) is 3.04. The number of ether oxygens (including phenoxy) is 2. The zero-order chi connectivity index (χ0) is 27.2. The van der Waals surface area contributed by atoms with Gasteiger partial charge in [-0.1, -0.05) is 44.2 Å². The summed E-state index contributed by atoms with van der Waals surface area (Å²) in [5.41, 5.74) is 4.31. The Morgan fingerprint density at radius 2 is 1.84 bits per heavy atom. The zero-order valence-electron chi connectivity index (χ0n) is 22.4. The fraction of sp³-hybridized carbons (Fsp3) is 0.414. The number of hydrogen-bond acceptors (Lipinski definition) is 6. The number of rotatable bonds is 11. The van der Waals surface area contributed by atoms with Crippen LogP contribution >= 0.6 is 0 Å². The quantitative estimate of drug-likeness (QED) is 0.403. The number of carbonyl (C=O) groups excluding carboxylic acids is 2. The molecular weight excluding hydrogens is 484 g/mol. The van der Waals surface area contributed by atoms with Crippen LogP contribution in [-0.2, 0) is 35.4 Å². The number of carbonyl (C=O) groups is 2. The van der Waals surface area contributed by atoms with Gasteiger partial charge in [0.1, 0.15) is 12.6 Å². The molecule has 3 aromatic rings. The Labute approximate surface area is 223 Å². The van der Waals surface area contributed by atoms with Crippen LogP contribution in [0.25, 0.3) is 0 Å². The summed E-state index contributed by atoms with van der Waals surface area (Å²) in [6, 6.07) is 14.1. The first-order valence-corrected chi connectivity index (χ1v) is 12.9. The van der Waals surface area contributed by atoms with Crippen molar-refractivity contribution >= 4 is 17.5 Å². The molecule has 0 bridgehead atoms. The third kappa shape index (κ3) is 6.34. The van der Waals surface area contributed by atoms with Crippen LogP contribution in [-0.4, -0.2) is 53.2 Å². The van der Waals surface area contributed by atoms with Crippen molar-refractivity contribution in [1.29, 1.82) is 0 Å². The average molecular weight is 521 g/mol. The van der Waals surface area contributed by atoms with Crippen molar-refractivity contribution in [3.63, 3.8) is 0 Å². The monoisotopic (exact) mass is 520 g/mol. The Balaban J connectivity index is 1.55. The number of amides is 2. The van der Waals surface area contributed by atoms with Gasteiger partial charge in [-0.15, -0.1) is 0 Å². The van der Waals surface area contributed by atoms with Crippen molar-refractivity contribution < 1.29 is 24.2 Å². The van der Waals surface area contributed by atoms with Crippen LogP contribution in [0.2, 0.25) is 0 Å². The highest BCUT2D eigenvalue weighted by Gasteiger charge is 2.27. The molecule has 2 aromatic carbocycles. The van der Waals surface area contributed by atoms with Crippen LogP contribution < -0.4 is 19.7 Å². The number of aromatic nitrogens is 2. The lowest BCUT2D eigenvalue weighted by atomic mass is 10.0. The number of hydrogen-bond donors (Lipinski definition) is 2. The van der Waals surface area contributed by atoms with E-state index in [1.54, 1.807) is 29.9 Å². The molecule has 0 aliphatic carbocycles. The second-order valence-corrected chi connectivity index (χ2v) is 9.98. The lowest BCUT2D eigenvalue weighted by Crippen LogP contribution is -2.49. The molecular formula is C29H36N4O5. The number of nitrogens with zero attached hydrogens (tertiary/aromatic N) is 3. The van der Waals surface area contributed by atoms with E-state index in [0.29, 0.717) is 35.9 Å². The van der Waals surface area contributed by atoms with Gasteiger partial charge in [0.15, 0.2) is 11.5 Å². The van der Waals surface area contributed by atoms with Gasteiger partial charge in [0.25, 0.3) is 0 Å². The van der Waals surface area contributed by atoms with Crippen molar-refractivity contribution in [2.75, 3.05) is 25.3 Å². The Morgan fingerprint density at radius 3 is 2.55 bits per heavy atom. The molecule has 0 saturated carbocycles. The van der Waals surface area contributed by atoms with E-state index >= 15 is 0 Å². The molecule has 2 N–H and O–H groups in total. The number of benzene rings is 2. The molecule has 9 nitrogen and oxygen atoms in total. The van der Waals surface area contributed by atoms with Crippen LogP contribution in [0.5, 0.6) is 11.5 Å². The number of aliphatic hydroxyl groups is 1. The molecule has 1 atom stereocenters. The number of aryl methyl sites for hydroxylation is 1. The lowest BCUT2D eigenvalue weighted by Gasteiger charge is -2.25. The maximum Gasteiger partial charge on any atom is 0.249 e. The fourth-order valence-corrected chi connectivity index (χ4v) is 4.73. The highest BCUT2D eigenvalue weighted by atomic mass is 16.7. The minimum atomic E-state index is -0.789. The zero-order valence-corrected chi connectivity index (χ0v) is 22.4. The van der Waals surface area contributed by atoms with Crippen LogP contribution in [0.4, 0.5) is 5.69 Å². The SMILES string of the molecule is Cc1nn(CC(=O)N[C@@H](Cc2ccccc2)C(=O)N(C)c2ccc3c(c2)OCO3)c(CC(C)C)c1CCO. The number of fused-ring (bicyclic) bond motifs is 1. The molecule has 4 rings (SSSR count). The second kappa shape index (κ2) is 12.1.